The fraction of sp³-hybridized carbons (Fsp3) is 0.957. The van der Waals surface area contributed by atoms with Crippen molar-refractivity contribution in [3.05, 3.63) is 0 Å². The summed E-state index contributed by atoms with van der Waals surface area (Å²) in [7, 11) is 0. The summed E-state index contributed by atoms with van der Waals surface area (Å²) in [5, 5.41) is 0. The van der Waals surface area contributed by atoms with Gasteiger partial charge in [0.25, 0.3) is 0 Å². The van der Waals surface area contributed by atoms with Gasteiger partial charge in [0.1, 0.15) is 5.78 Å². The van der Waals surface area contributed by atoms with E-state index in [-0.39, 0.29) is 5.41 Å². The molecule has 2 nitrogen and oxygen atoms in total. The van der Waals surface area contributed by atoms with Crippen LogP contribution in [0.4, 0.5) is 0 Å². The van der Waals surface area contributed by atoms with Gasteiger partial charge in [-0.15, -0.1) is 0 Å². The van der Waals surface area contributed by atoms with Crippen LogP contribution in [0.2, 0.25) is 0 Å². The van der Waals surface area contributed by atoms with Crippen molar-refractivity contribution in [3.8, 4) is 0 Å². The summed E-state index contributed by atoms with van der Waals surface area (Å²) in [6, 6.07) is 0. The van der Waals surface area contributed by atoms with E-state index in [1.54, 1.807) is 0 Å². The number of hydrogen-bond donors (Lipinski definition) is 0. The predicted octanol–water partition coefficient (Wildman–Crippen LogP) is 5.64. The molecule has 4 aliphatic carbocycles. The molecule has 2 heteroatoms. The SMILES string of the molecule is CCOCC1CCC2(CC)C(CCC3C4CCC(=O)C4(C)CCC32)C1. The molecule has 4 fully saturated rings. The van der Waals surface area contributed by atoms with E-state index in [2.05, 4.69) is 20.8 Å². The average molecular weight is 347 g/mol. The third-order valence-corrected chi connectivity index (χ3v) is 9.40. The maximum absolute atomic E-state index is 12.6. The zero-order valence-electron chi connectivity index (χ0n) is 16.7. The van der Waals surface area contributed by atoms with Gasteiger partial charge in [-0.25, -0.2) is 0 Å². The summed E-state index contributed by atoms with van der Waals surface area (Å²) < 4.78 is 5.77. The van der Waals surface area contributed by atoms with Crippen LogP contribution in [0, 0.1) is 40.4 Å². The zero-order valence-corrected chi connectivity index (χ0v) is 16.7. The van der Waals surface area contributed by atoms with Crippen molar-refractivity contribution in [1.29, 1.82) is 0 Å². The Morgan fingerprint density at radius 3 is 2.64 bits per heavy atom. The van der Waals surface area contributed by atoms with Crippen molar-refractivity contribution < 1.29 is 9.53 Å². The van der Waals surface area contributed by atoms with E-state index in [0.717, 1.165) is 43.3 Å². The average Bonchev–Trinajstić information content (AvgIpc) is 2.94. The Morgan fingerprint density at radius 2 is 1.88 bits per heavy atom. The molecule has 25 heavy (non-hydrogen) atoms. The summed E-state index contributed by atoms with van der Waals surface area (Å²) in [6.45, 7) is 8.74. The Morgan fingerprint density at radius 1 is 1.04 bits per heavy atom. The standard InChI is InChI=1S/C23H38O2/c1-4-23-13-10-16(15-25-5-2)14-17(23)6-7-18-19-8-9-21(24)22(19,3)12-11-20(18)23/h16-20H,4-15H2,1-3H3. The van der Waals surface area contributed by atoms with Crippen molar-refractivity contribution >= 4 is 5.78 Å². The van der Waals surface area contributed by atoms with Crippen LogP contribution in [-0.2, 0) is 9.53 Å². The largest absolute Gasteiger partial charge is 0.381 e. The summed E-state index contributed by atoms with van der Waals surface area (Å²) in [4.78, 5) is 12.6. The second-order valence-electron chi connectivity index (χ2n) is 9.96. The Balaban J connectivity index is 1.55. The number of carbonyl (C=O) groups is 1. The van der Waals surface area contributed by atoms with Gasteiger partial charge in [-0.3, -0.25) is 4.79 Å². The normalized spacial score (nSPS) is 49.4. The molecule has 0 aromatic rings. The van der Waals surface area contributed by atoms with E-state index in [4.69, 9.17) is 4.74 Å². The Bertz CT molecular complexity index is 514. The van der Waals surface area contributed by atoms with Gasteiger partial charge in [0.05, 0.1) is 0 Å². The van der Waals surface area contributed by atoms with Crippen molar-refractivity contribution in [1.82, 2.24) is 0 Å². The lowest BCUT2D eigenvalue weighted by molar-refractivity contribution is -0.144. The van der Waals surface area contributed by atoms with Crippen LogP contribution in [0.25, 0.3) is 0 Å². The summed E-state index contributed by atoms with van der Waals surface area (Å²) in [6.07, 6.45) is 12.9. The van der Waals surface area contributed by atoms with Gasteiger partial charge >= 0.3 is 0 Å². The van der Waals surface area contributed by atoms with Crippen LogP contribution in [0.3, 0.4) is 0 Å². The van der Waals surface area contributed by atoms with Crippen molar-refractivity contribution in [3.63, 3.8) is 0 Å². The molecule has 0 saturated heterocycles. The molecular weight excluding hydrogens is 308 g/mol. The topological polar surface area (TPSA) is 26.3 Å². The van der Waals surface area contributed by atoms with Gasteiger partial charge in [0.15, 0.2) is 0 Å². The Kier molecular flexibility index (Phi) is 4.80. The first-order valence-electron chi connectivity index (χ1n) is 11.2. The molecule has 0 amide bonds. The maximum Gasteiger partial charge on any atom is 0.139 e. The molecule has 142 valence electrons. The molecule has 4 saturated carbocycles. The molecule has 0 aromatic heterocycles. The second-order valence-corrected chi connectivity index (χ2v) is 9.96. The van der Waals surface area contributed by atoms with Crippen molar-refractivity contribution in [2.24, 2.45) is 40.4 Å². The number of rotatable bonds is 4. The molecule has 0 heterocycles. The Labute approximate surface area is 154 Å². The fourth-order valence-electron chi connectivity index (χ4n) is 8.06. The molecule has 4 aliphatic rings. The van der Waals surface area contributed by atoms with E-state index in [1.807, 2.05) is 0 Å². The highest BCUT2D eigenvalue weighted by atomic mass is 16.5. The molecule has 7 atom stereocenters. The van der Waals surface area contributed by atoms with E-state index < -0.39 is 0 Å². The van der Waals surface area contributed by atoms with E-state index in [9.17, 15) is 4.79 Å². The number of hydrogen-bond acceptors (Lipinski definition) is 2. The minimum absolute atomic E-state index is 0.0368. The highest BCUT2D eigenvalue weighted by molar-refractivity contribution is 5.87. The monoisotopic (exact) mass is 346 g/mol. The molecule has 0 aromatic carbocycles. The molecule has 0 radical (unpaired) electrons. The highest BCUT2D eigenvalue weighted by Crippen LogP contribution is 2.66. The molecule has 0 bridgehead atoms. The lowest BCUT2D eigenvalue weighted by Crippen LogP contribution is -2.54. The molecule has 7 unspecified atom stereocenters. The van der Waals surface area contributed by atoms with E-state index in [1.165, 1.54) is 57.8 Å². The molecule has 0 spiro atoms. The number of carbonyl (C=O) groups excluding carboxylic acids is 1. The third kappa shape index (κ3) is 2.65. The van der Waals surface area contributed by atoms with Crippen LogP contribution in [0.5, 0.6) is 0 Å². The highest BCUT2D eigenvalue weighted by Gasteiger charge is 2.60. The lowest BCUT2D eigenvalue weighted by atomic mass is 9.43. The molecular formula is C23H38O2. The van der Waals surface area contributed by atoms with Crippen LogP contribution >= 0.6 is 0 Å². The van der Waals surface area contributed by atoms with E-state index >= 15 is 0 Å². The van der Waals surface area contributed by atoms with Crippen LogP contribution < -0.4 is 0 Å². The van der Waals surface area contributed by atoms with Crippen molar-refractivity contribution in [2.45, 2.75) is 85.0 Å². The minimum Gasteiger partial charge on any atom is -0.381 e. The quantitative estimate of drug-likeness (QED) is 0.658. The van der Waals surface area contributed by atoms with Gasteiger partial charge in [0.2, 0.25) is 0 Å². The van der Waals surface area contributed by atoms with Gasteiger partial charge in [0, 0.05) is 25.0 Å². The first kappa shape index (κ1) is 18.0. The van der Waals surface area contributed by atoms with Crippen LogP contribution in [-0.4, -0.2) is 19.0 Å². The zero-order chi connectivity index (χ0) is 17.7. The van der Waals surface area contributed by atoms with Crippen LogP contribution in [0.15, 0.2) is 0 Å². The first-order valence-corrected chi connectivity index (χ1v) is 11.2. The summed E-state index contributed by atoms with van der Waals surface area (Å²) >= 11 is 0. The summed E-state index contributed by atoms with van der Waals surface area (Å²) in [5.74, 6) is 4.73. The third-order valence-electron chi connectivity index (χ3n) is 9.40. The Hall–Kier alpha value is -0.370. The smallest absolute Gasteiger partial charge is 0.139 e. The van der Waals surface area contributed by atoms with Gasteiger partial charge in [-0.1, -0.05) is 13.8 Å². The predicted molar refractivity (Wildman–Crippen MR) is 101 cm³/mol. The molecule has 0 N–H and O–H groups in total. The van der Waals surface area contributed by atoms with E-state index in [0.29, 0.717) is 17.1 Å². The number of ketones is 1. The van der Waals surface area contributed by atoms with Gasteiger partial charge in [-0.2, -0.15) is 0 Å². The van der Waals surface area contributed by atoms with Gasteiger partial charge in [-0.05, 0) is 99.7 Å². The fourth-order valence-corrected chi connectivity index (χ4v) is 8.06. The first-order chi connectivity index (χ1) is 12.0. The second kappa shape index (κ2) is 6.66. The minimum atomic E-state index is 0.0368. The van der Waals surface area contributed by atoms with Gasteiger partial charge < -0.3 is 4.74 Å². The number of Topliss-reactive ketones (excluding diaryl/α,β-unsaturated/α-hetero) is 1. The molecule has 0 aliphatic heterocycles. The van der Waals surface area contributed by atoms with Crippen LogP contribution in [0.1, 0.15) is 85.0 Å². The lowest BCUT2D eigenvalue weighted by Gasteiger charge is -2.61. The molecule has 4 rings (SSSR count). The van der Waals surface area contributed by atoms with Crippen molar-refractivity contribution in [2.75, 3.05) is 13.2 Å². The summed E-state index contributed by atoms with van der Waals surface area (Å²) in [5.41, 5.74) is 0.619. The number of ether oxygens (including phenoxy) is 1. The maximum atomic E-state index is 12.6. The number of fused-ring (bicyclic) bond motifs is 5.